The monoisotopic (exact) mass is 289 g/mol. The minimum absolute atomic E-state index is 0.0195. The SMILES string of the molecule is CCC(C)(C)N(C)c1cc(Cl)nc(-c2ccccc2)n1. The highest BCUT2D eigenvalue weighted by molar-refractivity contribution is 6.29. The van der Waals surface area contributed by atoms with Crippen molar-refractivity contribution in [2.45, 2.75) is 32.7 Å². The number of hydrogen-bond acceptors (Lipinski definition) is 3. The lowest BCUT2D eigenvalue weighted by Crippen LogP contribution is -2.41. The van der Waals surface area contributed by atoms with E-state index in [1.165, 1.54) is 0 Å². The van der Waals surface area contributed by atoms with Crippen molar-refractivity contribution in [3.05, 3.63) is 41.6 Å². The van der Waals surface area contributed by atoms with E-state index in [1.807, 2.05) is 43.4 Å². The molecule has 0 saturated heterocycles. The highest BCUT2D eigenvalue weighted by Crippen LogP contribution is 2.27. The van der Waals surface area contributed by atoms with Gasteiger partial charge in [-0.25, -0.2) is 9.97 Å². The number of aromatic nitrogens is 2. The van der Waals surface area contributed by atoms with Crippen molar-refractivity contribution >= 4 is 17.4 Å². The summed E-state index contributed by atoms with van der Waals surface area (Å²) in [5.74, 6) is 1.50. The second kappa shape index (κ2) is 5.80. The number of rotatable bonds is 4. The van der Waals surface area contributed by atoms with Gasteiger partial charge in [0.2, 0.25) is 0 Å². The van der Waals surface area contributed by atoms with E-state index in [2.05, 4.69) is 35.6 Å². The summed E-state index contributed by atoms with van der Waals surface area (Å²) >= 11 is 6.16. The Hall–Kier alpha value is -1.61. The van der Waals surface area contributed by atoms with E-state index in [0.717, 1.165) is 17.8 Å². The van der Waals surface area contributed by atoms with Gasteiger partial charge in [-0.3, -0.25) is 0 Å². The van der Waals surface area contributed by atoms with Crippen molar-refractivity contribution in [3.8, 4) is 11.4 Å². The Kier molecular flexibility index (Phi) is 4.29. The third-order valence-electron chi connectivity index (χ3n) is 3.83. The lowest BCUT2D eigenvalue weighted by atomic mass is 10.00. The van der Waals surface area contributed by atoms with Gasteiger partial charge >= 0.3 is 0 Å². The van der Waals surface area contributed by atoms with Crippen LogP contribution in [0.5, 0.6) is 0 Å². The molecule has 0 aliphatic heterocycles. The van der Waals surface area contributed by atoms with Crippen LogP contribution in [0.3, 0.4) is 0 Å². The van der Waals surface area contributed by atoms with E-state index in [-0.39, 0.29) is 5.54 Å². The molecule has 1 aromatic heterocycles. The first kappa shape index (κ1) is 14.8. The molecule has 20 heavy (non-hydrogen) atoms. The van der Waals surface area contributed by atoms with Crippen LogP contribution in [-0.2, 0) is 0 Å². The van der Waals surface area contributed by atoms with Gasteiger partial charge in [0.1, 0.15) is 11.0 Å². The quantitative estimate of drug-likeness (QED) is 0.780. The zero-order valence-corrected chi connectivity index (χ0v) is 13.1. The molecule has 0 saturated carbocycles. The third kappa shape index (κ3) is 3.10. The first-order valence-electron chi connectivity index (χ1n) is 6.78. The lowest BCUT2D eigenvalue weighted by Gasteiger charge is -2.35. The molecular formula is C16H20ClN3. The van der Waals surface area contributed by atoms with Crippen LogP contribution >= 0.6 is 11.6 Å². The maximum Gasteiger partial charge on any atom is 0.163 e. The van der Waals surface area contributed by atoms with E-state index in [0.29, 0.717) is 11.0 Å². The highest BCUT2D eigenvalue weighted by Gasteiger charge is 2.23. The largest absolute Gasteiger partial charge is 0.354 e. The van der Waals surface area contributed by atoms with Crippen LogP contribution in [0.1, 0.15) is 27.2 Å². The van der Waals surface area contributed by atoms with Gasteiger partial charge in [-0.1, -0.05) is 48.9 Å². The first-order valence-corrected chi connectivity index (χ1v) is 7.15. The van der Waals surface area contributed by atoms with Crippen LogP contribution in [0.15, 0.2) is 36.4 Å². The molecule has 0 bridgehead atoms. The van der Waals surface area contributed by atoms with Crippen LogP contribution < -0.4 is 4.90 Å². The Bertz CT molecular complexity index is 582. The average molecular weight is 290 g/mol. The van der Waals surface area contributed by atoms with Gasteiger partial charge in [0.15, 0.2) is 5.82 Å². The summed E-state index contributed by atoms with van der Waals surface area (Å²) in [6.07, 6.45) is 1.02. The fourth-order valence-corrected chi connectivity index (χ4v) is 2.02. The molecule has 1 aromatic carbocycles. The molecule has 0 spiro atoms. The fourth-order valence-electron chi connectivity index (χ4n) is 1.84. The molecule has 0 amide bonds. The van der Waals surface area contributed by atoms with Crippen molar-refractivity contribution in [2.75, 3.05) is 11.9 Å². The number of nitrogens with zero attached hydrogens (tertiary/aromatic N) is 3. The van der Waals surface area contributed by atoms with Crippen molar-refractivity contribution in [3.63, 3.8) is 0 Å². The molecule has 1 heterocycles. The fraction of sp³-hybridized carbons (Fsp3) is 0.375. The lowest BCUT2D eigenvalue weighted by molar-refractivity contribution is 0.467. The van der Waals surface area contributed by atoms with Gasteiger partial charge in [-0.05, 0) is 20.3 Å². The average Bonchev–Trinajstić information content (AvgIpc) is 2.46. The predicted molar refractivity (Wildman–Crippen MR) is 85.3 cm³/mol. The van der Waals surface area contributed by atoms with E-state index in [1.54, 1.807) is 0 Å². The van der Waals surface area contributed by atoms with Crippen LogP contribution in [0, 0.1) is 0 Å². The molecule has 4 heteroatoms. The Morgan fingerprint density at radius 1 is 1.15 bits per heavy atom. The molecule has 3 nitrogen and oxygen atoms in total. The van der Waals surface area contributed by atoms with Crippen molar-refractivity contribution in [1.82, 2.24) is 9.97 Å². The standard InChI is InChI=1S/C16H20ClN3/c1-5-16(2,3)20(4)14-11-13(17)18-15(19-14)12-9-7-6-8-10-12/h6-11H,5H2,1-4H3. The first-order chi connectivity index (χ1) is 9.44. The van der Waals surface area contributed by atoms with Crippen LogP contribution in [0.2, 0.25) is 5.15 Å². The molecule has 2 aromatic rings. The second-order valence-electron chi connectivity index (χ2n) is 5.46. The summed E-state index contributed by atoms with van der Waals surface area (Å²) in [6.45, 7) is 6.54. The summed E-state index contributed by atoms with van der Waals surface area (Å²) in [6, 6.07) is 11.7. The molecule has 2 rings (SSSR count). The number of hydrogen-bond donors (Lipinski definition) is 0. The topological polar surface area (TPSA) is 29.0 Å². The van der Waals surface area contributed by atoms with E-state index in [9.17, 15) is 0 Å². The normalized spacial score (nSPS) is 11.4. The maximum atomic E-state index is 6.16. The van der Waals surface area contributed by atoms with E-state index < -0.39 is 0 Å². The summed E-state index contributed by atoms with van der Waals surface area (Å²) in [4.78, 5) is 11.1. The number of halogens is 1. The minimum atomic E-state index is 0.0195. The van der Waals surface area contributed by atoms with Crippen molar-refractivity contribution in [1.29, 1.82) is 0 Å². The zero-order chi connectivity index (χ0) is 14.8. The van der Waals surface area contributed by atoms with Crippen molar-refractivity contribution < 1.29 is 0 Å². The predicted octanol–water partition coefficient (Wildman–Crippen LogP) is 4.42. The summed E-state index contributed by atoms with van der Waals surface area (Å²) < 4.78 is 0. The smallest absolute Gasteiger partial charge is 0.163 e. The van der Waals surface area contributed by atoms with Gasteiger partial charge in [-0.2, -0.15) is 0 Å². The molecule has 0 unspecified atom stereocenters. The Morgan fingerprint density at radius 2 is 1.80 bits per heavy atom. The zero-order valence-electron chi connectivity index (χ0n) is 12.4. The van der Waals surface area contributed by atoms with Gasteiger partial charge in [0.25, 0.3) is 0 Å². The maximum absolute atomic E-state index is 6.16. The van der Waals surface area contributed by atoms with Crippen LogP contribution in [0.25, 0.3) is 11.4 Å². The summed E-state index contributed by atoms with van der Waals surface area (Å²) in [5.41, 5.74) is 0.991. The third-order valence-corrected chi connectivity index (χ3v) is 4.02. The van der Waals surface area contributed by atoms with E-state index in [4.69, 9.17) is 11.6 Å². The van der Waals surface area contributed by atoms with Gasteiger partial charge in [0, 0.05) is 24.2 Å². The minimum Gasteiger partial charge on any atom is -0.354 e. The molecule has 0 fully saturated rings. The van der Waals surface area contributed by atoms with Gasteiger partial charge in [-0.15, -0.1) is 0 Å². The van der Waals surface area contributed by atoms with Crippen LogP contribution in [-0.4, -0.2) is 22.6 Å². The highest BCUT2D eigenvalue weighted by atomic mass is 35.5. The van der Waals surface area contributed by atoms with Gasteiger partial charge in [0.05, 0.1) is 0 Å². The molecule has 0 aliphatic carbocycles. The molecular weight excluding hydrogens is 270 g/mol. The number of anilines is 1. The Labute approximate surface area is 125 Å². The Balaban J connectivity index is 2.45. The molecule has 0 atom stereocenters. The summed E-state index contributed by atoms with van der Waals surface area (Å²) in [7, 11) is 2.04. The molecule has 0 radical (unpaired) electrons. The van der Waals surface area contributed by atoms with Crippen LogP contribution in [0.4, 0.5) is 5.82 Å². The number of benzene rings is 1. The molecule has 0 aliphatic rings. The molecule has 0 N–H and O–H groups in total. The summed E-state index contributed by atoms with van der Waals surface area (Å²) in [5, 5.41) is 0.465. The molecule has 106 valence electrons. The van der Waals surface area contributed by atoms with E-state index >= 15 is 0 Å². The van der Waals surface area contributed by atoms with Gasteiger partial charge < -0.3 is 4.90 Å². The van der Waals surface area contributed by atoms with Crippen molar-refractivity contribution in [2.24, 2.45) is 0 Å². The Morgan fingerprint density at radius 3 is 2.40 bits per heavy atom. The second-order valence-corrected chi connectivity index (χ2v) is 5.85.